The van der Waals surface area contributed by atoms with Gasteiger partial charge in [-0.25, -0.2) is 9.59 Å². The second-order valence-corrected chi connectivity index (χ2v) is 26.4. The lowest BCUT2D eigenvalue weighted by atomic mass is 10.1. The second-order valence-electron chi connectivity index (χ2n) is 26.4. The zero-order valence-electron chi connectivity index (χ0n) is 64.7. The minimum absolute atomic E-state index is 0. The van der Waals surface area contributed by atoms with Crippen molar-refractivity contribution < 1.29 is 57.0 Å². The van der Waals surface area contributed by atoms with Gasteiger partial charge in [-0.05, 0) is 25.7 Å². The Kier molecular flexibility index (Phi) is 118. The number of ether oxygens (including phenoxy) is 10. The van der Waals surface area contributed by atoms with Gasteiger partial charge in [0, 0.05) is 53.7 Å². The zero-order chi connectivity index (χ0) is 69.5. The molecule has 0 rings (SSSR count). The summed E-state index contributed by atoms with van der Waals surface area (Å²) < 4.78 is 55.4. The van der Waals surface area contributed by atoms with E-state index in [1.54, 1.807) is 14.2 Å². The lowest BCUT2D eigenvalue weighted by Gasteiger charge is -2.19. The van der Waals surface area contributed by atoms with E-state index in [0.29, 0.717) is 79.2 Å². The highest BCUT2D eigenvalue weighted by molar-refractivity contribution is 5.67. The van der Waals surface area contributed by atoms with Gasteiger partial charge >= 0.3 is 12.2 Å². The molecule has 0 aliphatic heterocycles. The van der Waals surface area contributed by atoms with Gasteiger partial charge in [-0.3, -0.25) is 0 Å². The summed E-state index contributed by atoms with van der Waals surface area (Å²) in [5.74, 6) is 0. The highest BCUT2D eigenvalue weighted by atomic mass is 16.6. The monoisotopic (exact) mass is 1400 g/mol. The number of hydrogen-bond donors (Lipinski definition) is 2. The maximum absolute atomic E-state index is 12.1. The molecular weight excluding hydrogens is 1220 g/mol. The fourth-order valence-corrected chi connectivity index (χ4v) is 10.6. The van der Waals surface area contributed by atoms with Crippen LogP contribution >= 0.6 is 0 Å². The third kappa shape index (κ3) is 108. The van der Waals surface area contributed by atoms with E-state index in [9.17, 15) is 9.59 Å². The first-order valence-corrected chi connectivity index (χ1v) is 40.6. The van der Waals surface area contributed by atoms with Crippen LogP contribution in [-0.2, 0) is 47.4 Å². The van der Waals surface area contributed by atoms with E-state index in [1.807, 2.05) is 0 Å². The third-order valence-electron chi connectivity index (χ3n) is 16.3. The van der Waals surface area contributed by atoms with Crippen LogP contribution in [-0.4, -0.2) is 144 Å². The Morgan fingerprint density at radius 2 is 0.515 bits per heavy atom. The number of carbonyl (C=O) groups is 2. The largest absolute Gasteiger partial charge is 0.447 e. The third-order valence-corrected chi connectivity index (χ3v) is 16.3. The highest BCUT2D eigenvalue weighted by Gasteiger charge is 2.15. The minimum atomic E-state index is -0.444. The summed E-state index contributed by atoms with van der Waals surface area (Å²) in [5.41, 5.74) is 0. The van der Waals surface area contributed by atoms with Gasteiger partial charge in [-0.1, -0.05) is 373 Å². The van der Waals surface area contributed by atoms with Crippen molar-refractivity contribution in [2.24, 2.45) is 0 Å². The van der Waals surface area contributed by atoms with Crippen molar-refractivity contribution in [2.75, 3.05) is 120 Å². The topological polar surface area (TPSA) is 150 Å². The summed E-state index contributed by atoms with van der Waals surface area (Å²) in [4.78, 5) is 24.2. The normalized spacial score (nSPS) is 11.3. The molecule has 0 aromatic heterocycles. The molecule has 2 amide bonds. The van der Waals surface area contributed by atoms with Gasteiger partial charge in [0.25, 0.3) is 0 Å². The summed E-state index contributed by atoms with van der Waals surface area (Å²) in [6.45, 7) is 25.5. The summed E-state index contributed by atoms with van der Waals surface area (Å²) in [6, 6.07) is 0. The molecule has 0 aromatic rings. The molecule has 0 saturated heterocycles. The van der Waals surface area contributed by atoms with Gasteiger partial charge in [0.05, 0.1) is 59.0 Å². The van der Waals surface area contributed by atoms with Gasteiger partial charge in [0.1, 0.15) is 19.3 Å². The van der Waals surface area contributed by atoms with Crippen molar-refractivity contribution in [1.82, 2.24) is 10.6 Å². The highest BCUT2D eigenvalue weighted by Crippen LogP contribution is 2.17. The Balaban J connectivity index is -0.000000300. The van der Waals surface area contributed by atoms with Gasteiger partial charge in [-0.15, -0.1) is 0 Å². The van der Waals surface area contributed by atoms with E-state index in [-0.39, 0.29) is 47.7 Å². The van der Waals surface area contributed by atoms with E-state index < -0.39 is 12.2 Å². The molecule has 0 aromatic carbocycles. The number of alkyl carbamates (subject to hydrolysis) is 2. The van der Waals surface area contributed by atoms with Crippen molar-refractivity contribution >= 4 is 12.2 Å². The number of nitrogens with one attached hydrogen (secondary N) is 2. The van der Waals surface area contributed by atoms with E-state index in [0.717, 1.165) is 38.9 Å². The Bertz CT molecular complexity index is 1230. The van der Waals surface area contributed by atoms with E-state index in [2.05, 4.69) is 66.0 Å². The SMILES string of the molecule is C.C.C.CCC.CCC.CCCCCCCCCCCCCCOCC(CNC(=O)OCCOCCOC)OCCCCCCCCCCCCCC.CCCCCCCCCCCCCCOC[C@H](COC(=O)NCCOCCOC)OCCCCCCCCCCCCCC. The Morgan fingerprint density at radius 1 is 0.258 bits per heavy atom. The molecule has 0 aliphatic rings. The molecule has 97 heavy (non-hydrogen) atoms. The van der Waals surface area contributed by atoms with Crippen LogP contribution < -0.4 is 10.6 Å². The van der Waals surface area contributed by atoms with Crippen LogP contribution in [0.2, 0.25) is 0 Å². The number of rotatable bonds is 74. The van der Waals surface area contributed by atoms with Crippen molar-refractivity contribution in [3.63, 3.8) is 0 Å². The summed E-state index contributed by atoms with van der Waals surface area (Å²) >= 11 is 0. The average molecular weight is 1400 g/mol. The first kappa shape index (κ1) is 109. The quantitative estimate of drug-likeness (QED) is 0.0558. The number of amides is 2. The van der Waals surface area contributed by atoms with Crippen LogP contribution in [0.3, 0.4) is 0 Å². The Hall–Kier alpha value is -1.78. The molecule has 0 bridgehead atoms. The van der Waals surface area contributed by atoms with Crippen LogP contribution in [0.4, 0.5) is 9.59 Å². The van der Waals surface area contributed by atoms with Crippen LogP contribution in [0, 0.1) is 0 Å². The predicted molar refractivity (Wildman–Crippen MR) is 422 cm³/mol. The van der Waals surface area contributed by atoms with E-state index in [1.165, 1.54) is 295 Å². The molecule has 0 radical (unpaired) electrons. The maximum atomic E-state index is 12.1. The fourth-order valence-electron chi connectivity index (χ4n) is 10.6. The summed E-state index contributed by atoms with van der Waals surface area (Å²) in [7, 11) is 3.27. The van der Waals surface area contributed by atoms with E-state index >= 15 is 0 Å². The van der Waals surface area contributed by atoms with E-state index in [4.69, 9.17) is 47.4 Å². The van der Waals surface area contributed by atoms with Crippen molar-refractivity contribution in [3.8, 4) is 0 Å². The van der Waals surface area contributed by atoms with Gasteiger partial charge in [-0.2, -0.15) is 0 Å². The molecule has 1 unspecified atom stereocenters. The van der Waals surface area contributed by atoms with Gasteiger partial charge in [0.2, 0.25) is 0 Å². The lowest BCUT2D eigenvalue weighted by Crippen LogP contribution is -2.37. The van der Waals surface area contributed by atoms with Crippen LogP contribution in [0.15, 0.2) is 0 Å². The lowest BCUT2D eigenvalue weighted by molar-refractivity contribution is -0.0469. The molecule has 2 N–H and O–H groups in total. The van der Waals surface area contributed by atoms with Gasteiger partial charge < -0.3 is 58.0 Å². The smallest absolute Gasteiger partial charge is 0.407 e. The maximum Gasteiger partial charge on any atom is 0.407 e. The number of carbonyl (C=O) groups excluding carboxylic acids is 2. The van der Waals surface area contributed by atoms with Crippen molar-refractivity contribution in [2.45, 2.75) is 411 Å². The molecule has 14 nitrogen and oxygen atoms in total. The van der Waals surface area contributed by atoms with Gasteiger partial charge in [0.15, 0.2) is 0 Å². The summed E-state index contributed by atoms with van der Waals surface area (Å²) in [5, 5.41) is 5.56. The first-order chi connectivity index (χ1) is 46.3. The minimum Gasteiger partial charge on any atom is -0.447 e. The molecular formula is C83H178N2O12. The average Bonchev–Trinajstić information content (AvgIpc) is 3.74. The van der Waals surface area contributed by atoms with Crippen molar-refractivity contribution in [3.05, 3.63) is 0 Å². The van der Waals surface area contributed by atoms with Crippen LogP contribution in [0.1, 0.15) is 399 Å². The molecule has 14 heteroatoms. The summed E-state index contributed by atoms with van der Waals surface area (Å²) in [6.07, 6.45) is 65.0. The molecule has 0 fully saturated rings. The standard InChI is InChI=1S/2C37H75NO6.2C3H8.3CH4/c1-4-6-8-10-12-14-16-18-20-22-24-26-29-42-34-36(35-44-37(39)38-28-31-41-33-32-40-3)43-30-27-25-23-21-19-17-15-13-11-9-7-5-2;1-4-6-8-10-12-14-16-18-20-22-24-26-28-42-35-36(34-38-37(39)44-33-32-41-31-30-40-3)43-29-27-25-23-21-19-17-15-13-11-9-7-5-2;2*1-3-2;;;/h2*36H,4-35H2,1-3H3,(H,38,39);2*3H2,1-2H3;3*1H4/t36-;;;;;;/m1....../s1. The van der Waals surface area contributed by atoms with Crippen molar-refractivity contribution in [1.29, 1.82) is 0 Å². The molecule has 592 valence electrons. The number of unbranched alkanes of at least 4 members (excludes halogenated alkanes) is 44. The second kappa shape index (κ2) is 105. The zero-order valence-corrected chi connectivity index (χ0v) is 64.7. The fraction of sp³-hybridized carbons (Fsp3) is 0.976. The van der Waals surface area contributed by atoms with Crippen LogP contribution in [0.25, 0.3) is 0 Å². The molecule has 0 aliphatic carbocycles. The molecule has 0 spiro atoms. The number of methoxy groups -OCH3 is 2. The first-order valence-electron chi connectivity index (χ1n) is 40.6. The number of hydrogen-bond acceptors (Lipinski definition) is 12. The Labute approximate surface area is 607 Å². The Morgan fingerprint density at radius 3 is 0.835 bits per heavy atom. The molecule has 0 heterocycles. The van der Waals surface area contributed by atoms with Crippen LogP contribution in [0.5, 0.6) is 0 Å². The predicted octanol–water partition coefficient (Wildman–Crippen LogP) is 25.1. The molecule has 2 atom stereocenters. The molecule has 0 saturated carbocycles.